The summed E-state index contributed by atoms with van der Waals surface area (Å²) in [6.45, 7) is 1.94. The molecule has 0 radical (unpaired) electrons. The van der Waals surface area contributed by atoms with Gasteiger partial charge in [-0.2, -0.15) is 9.67 Å². The van der Waals surface area contributed by atoms with Gasteiger partial charge in [0, 0.05) is 16.9 Å². The van der Waals surface area contributed by atoms with Gasteiger partial charge in [0.05, 0.1) is 12.2 Å². The highest BCUT2D eigenvalue weighted by Gasteiger charge is 2.12. The van der Waals surface area contributed by atoms with E-state index in [9.17, 15) is 4.79 Å². The Labute approximate surface area is 158 Å². The van der Waals surface area contributed by atoms with Gasteiger partial charge in [0.1, 0.15) is 0 Å². The van der Waals surface area contributed by atoms with E-state index >= 15 is 0 Å². The summed E-state index contributed by atoms with van der Waals surface area (Å²) in [7, 11) is 0. The summed E-state index contributed by atoms with van der Waals surface area (Å²) >= 11 is 1.64. The third kappa shape index (κ3) is 3.90. The van der Waals surface area contributed by atoms with E-state index in [1.54, 1.807) is 41.1 Å². The Morgan fingerprint density at radius 1 is 1.30 bits per heavy atom. The summed E-state index contributed by atoms with van der Waals surface area (Å²) in [5.74, 6) is 1.34. The number of carbonyl (C=O) groups excluding carboxylic acids is 1. The Balaban J connectivity index is 1.40. The first-order chi connectivity index (χ1) is 13.2. The van der Waals surface area contributed by atoms with Crippen LogP contribution in [-0.2, 0) is 13.0 Å². The highest BCUT2D eigenvalue weighted by Crippen LogP contribution is 2.13. The van der Waals surface area contributed by atoms with E-state index in [2.05, 4.69) is 31.0 Å². The number of tetrazole rings is 1. The minimum absolute atomic E-state index is 0.157. The molecule has 1 N–H and O–H groups in total. The summed E-state index contributed by atoms with van der Waals surface area (Å²) < 4.78 is 6.76. The van der Waals surface area contributed by atoms with Gasteiger partial charge in [-0.3, -0.25) is 4.79 Å². The number of thiophene rings is 1. The largest absolute Gasteiger partial charge is 0.343 e. The predicted molar refractivity (Wildman–Crippen MR) is 96.5 cm³/mol. The van der Waals surface area contributed by atoms with Crippen molar-refractivity contribution in [3.8, 4) is 5.69 Å². The number of aryl methyl sites for hydroxylation is 1. The zero-order valence-electron chi connectivity index (χ0n) is 14.4. The van der Waals surface area contributed by atoms with E-state index in [0.29, 0.717) is 35.2 Å². The molecule has 0 saturated carbocycles. The molecule has 0 spiro atoms. The molecular formula is C17H15N7O2S. The Morgan fingerprint density at radius 3 is 3.00 bits per heavy atom. The topological polar surface area (TPSA) is 112 Å². The molecule has 0 fully saturated rings. The second-order valence-corrected chi connectivity index (χ2v) is 6.76. The minimum atomic E-state index is -0.249. The highest BCUT2D eigenvalue weighted by atomic mass is 32.1. The molecule has 1 amide bonds. The first kappa shape index (κ1) is 17.0. The SMILES string of the molecule is Cc1nnnn1-c1cccc(C(=O)NCc2nc(Cc3cccs3)no2)c1. The maximum absolute atomic E-state index is 12.4. The highest BCUT2D eigenvalue weighted by molar-refractivity contribution is 7.09. The summed E-state index contributed by atoms with van der Waals surface area (Å²) in [6, 6.07) is 11.0. The Hall–Kier alpha value is -3.40. The van der Waals surface area contributed by atoms with Crippen molar-refractivity contribution >= 4 is 17.2 Å². The van der Waals surface area contributed by atoms with Crippen LogP contribution in [-0.4, -0.2) is 36.3 Å². The number of nitrogens with one attached hydrogen (secondary N) is 1. The van der Waals surface area contributed by atoms with Gasteiger partial charge in [0.15, 0.2) is 11.6 Å². The van der Waals surface area contributed by atoms with Crippen LogP contribution in [0.5, 0.6) is 0 Å². The fourth-order valence-corrected chi connectivity index (χ4v) is 3.21. The number of hydrogen-bond donors (Lipinski definition) is 1. The van der Waals surface area contributed by atoms with Crippen molar-refractivity contribution in [3.63, 3.8) is 0 Å². The van der Waals surface area contributed by atoms with Crippen LogP contribution in [0.1, 0.15) is 32.8 Å². The lowest BCUT2D eigenvalue weighted by molar-refractivity contribution is 0.0946. The number of hydrogen-bond acceptors (Lipinski definition) is 8. The standard InChI is InChI=1S/C17H15N7O2S/c1-11-20-22-23-24(11)13-5-2-4-12(8-13)17(25)18-10-16-19-15(21-26-16)9-14-6-3-7-27-14/h2-8H,9-10H2,1H3,(H,18,25). The fraction of sp³-hybridized carbons (Fsp3) is 0.176. The fourth-order valence-electron chi connectivity index (χ4n) is 2.51. The van der Waals surface area contributed by atoms with Crippen molar-refractivity contribution < 1.29 is 9.32 Å². The Morgan fingerprint density at radius 2 is 2.22 bits per heavy atom. The molecular weight excluding hydrogens is 366 g/mol. The average Bonchev–Trinajstić information content (AvgIpc) is 3.43. The van der Waals surface area contributed by atoms with Crippen LogP contribution in [0.4, 0.5) is 0 Å². The third-order valence-electron chi connectivity index (χ3n) is 3.80. The third-order valence-corrected chi connectivity index (χ3v) is 4.68. The van der Waals surface area contributed by atoms with Crippen molar-refractivity contribution in [2.24, 2.45) is 0 Å². The van der Waals surface area contributed by atoms with Crippen molar-refractivity contribution in [3.05, 3.63) is 69.8 Å². The summed E-state index contributed by atoms with van der Waals surface area (Å²) in [5, 5.41) is 20.1. The van der Waals surface area contributed by atoms with Gasteiger partial charge in [-0.1, -0.05) is 17.3 Å². The van der Waals surface area contributed by atoms with Gasteiger partial charge in [-0.15, -0.1) is 16.4 Å². The minimum Gasteiger partial charge on any atom is -0.343 e. The van der Waals surface area contributed by atoms with E-state index in [1.165, 1.54) is 0 Å². The number of nitrogens with zero attached hydrogens (tertiary/aromatic N) is 6. The quantitative estimate of drug-likeness (QED) is 0.543. The van der Waals surface area contributed by atoms with Crippen molar-refractivity contribution in [1.29, 1.82) is 0 Å². The molecule has 3 aromatic heterocycles. The van der Waals surface area contributed by atoms with E-state index < -0.39 is 0 Å². The molecule has 136 valence electrons. The molecule has 1 aromatic carbocycles. The van der Waals surface area contributed by atoms with E-state index in [1.807, 2.05) is 23.6 Å². The average molecular weight is 381 g/mol. The Bertz CT molecular complexity index is 1050. The second kappa shape index (κ2) is 7.46. The molecule has 3 heterocycles. The molecule has 27 heavy (non-hydrogen) atoms. The van der Waals surface area contributed by atoms with Crippen LogP contribution in [0.3, 0.4) is 0 Å². The maximum Gasteiger partial charge on any atom is 0.251 e. The van der Waals surface area contributed by atoms with E-state index in [-0.39, 0.29) is 12.5 Å². The molecule has 0 aliphatic heterocycles. The van der Waals surface area contributed by atoms with Crippen molar-refractivity contribution in [2.75, 3.05) is 0 Å². The number of amides is 1. The van der Waals surface area contributed by atoms with E-state index in [4.69, 9.17) is 4.52 Å². The predicted octanol–water partition coefficient (Wildman–Crippen LogP) is 1.94. The molecule has 0 unspecified atom stereocenters. The summed E-state index contributed by atoms with van der Waals surface area (Å²) in [6.07, 6.45) is 0.614. The number of rotatable bonds is 6. The molecule has 0 saturated heterocycles. The van der Waals surface area contributed by atoms with Crippen LogP contribution in [0, 0.1) is 6.92 Å². The molecule has 0 bridgehead atoms. The van der Waals surface area contributed by atoms with Gasteiger partial charge >= 0.3 is 0 Å². The van der Waals surface area contributed by atoms with Gasteiger partial charge in [0.25, 0.3) is 5.91 Å². The molecule has 0 aliphatic carbocycles. The number of carbonyl (C=O) groups is 1. The molecule has 4 aromatic rings. The molecule has 4 rings (SSSR count). The van der Waals surface area contributed by atoms with Gasteiger partial charge in [-0.05, 0) is 47.0 Å². The van der Waals surface area contributed by atoms with Crippen LogP contribution in [0.15, 0.2) is 46.3 Å². The maximum atomic E-state index is 12.4. The Kier molecular flexibility index (Phi) is 4.71. The van der Waals surface area contributed by atoms with Crippen LogP contribution in [0.2, 0.25) is 0 Å². The number of benzene rings is 1. The molecule has 0 aliphatic rings. The van der Waals surface area contributed by atoms with Crippen LogP contribution < -0.4 is 5.32 Å². The zero-order chi connectivity index (χ0) is 18.6. The molecule has 9 nitrogen and oxygen atoms in total. The lowest BCUT2D eigenvalue weighted by Gasteiger charge is -2.05. The first-order valence-corrected chi connectivity index (χ1v) is 9.04. The second-order valence-electron chi connectivity index (χ2n) is 5.73. The monoisotopic (exact) mass is 381 g/mol. The van der Waals surface area contributed by atoms with Gasteiger partial charge in [0.2, 0.25) is 5.89 Å². The van der Waals surface area contributed by atoms with Crippen molar-refractivity contribution in [2.45, 2.75) is 19.9 Å². The summed E-state index contributed by atoms with van der Waals surface area (Å²) in [4.78, 5) is 17.9. The van der Waals surface area contributed by atoms with Gasteiger partial charge < -0.3 is 9.84 Å². The zero-order valence-corrected chi connectivity index (χ0v) is 15.2. The summed E-state index contributed by atoms with van der Waals surface area (Å²) in [5.41, 5.74) is 1.20. The molecule has 10 heteroatoms. The number of aromatic nitrogens is 6. The van der Waals surface area contributed by atoms with Crippen LogP contribution in [0.25, 0.3) is 5.69 Å². The van der Waals surface area contributed by atoms with Crippen molar-refractivity contribution in [1.82, 2.24) is 35.7 Å². The molecule has 0 atom stereocenters. The van der Waals surface area contributed by atoms with Gasteiger partial charge in [-0.25, -0.2) is 0 Å². The lowest BCUT2D eigenvalue weighted by Crippen LogP contribution is -2.23. The first-order valence-electron chi connectivity index (χ1n) is 8.16. The smallest absolute Gasteiger partial charge is 0.251 e. The lowest BCUT2D eigenvalue weighted by atomic mass is 10.2. The normalized spacial score (nSPS) is 10.9. The van der Waals surface area contributed by atoms with E-state index in [0.717, 1.165) is 4.88 Å². The van der Waals surface area contributed by atoms with Crippen LogP contribution >= 0.6 is 11.3 Å².